The lowest BCUT2D eigenvalue weighted by atomic mass is 9.79. The first-order chi connectivity index (χ1) is 12.4. The largest absolute Gasteiger partial charge is 0.464 e. The van der Waals surface area contributed by atoms with E-state index in [-0.39, 0.29) is 17.4 Å². The first-order valence-corrected chi connectivity index (χ1v) is 10.5. The number of cyclic esters (lactones) is 1. The Balaban J connectivity index is 2.11. The quantitative estimate of drug-likeness (QED) is 0.747. The van der Waals surface area contributed by atoms with Gasteiger partial charge in [-0.3, -0.25) is 4.79 Å². The number of rotatable bonds is 5. The molecule has 0 radical (unpaired) electrons. The van der Waals surface area contributed by atoms with Gasteiger partial charge in [0.15, 0.2) is 15.1 Å². The molecule has 0 spiro atoms. The molecule has 0 amide bonds. The van der Waals surface area contributed by atoms with Crippen LogP contribution in [0.3, 0.4) is 0 Å². The van der Waals surface area contributed by atoms with Crippen molar-refractivity contribution in [2.75, 3.05) is 6.61 Å². The molecule has 1 heterocycles. The van der Waals surface area contributed by atoms with Crippen LogP contribution in [0.5, 0.6) is 0 Å². The first kappa shape index (κ1) is 18.6. The SMILES string of the molecule is CCC[C@H]1COC(=O)[C@@H](S(=O)(=O)c2ccccc2)[C@@H]1c1ccc(C)cc1. The molecule has 2 aromatic rings. The van der Waals surface area contributed by atoms with Gasteiger partial charge in [-0.05, 0) is 31.0 Å². The fourth-order valence-electron chi connectivity index (χ4n) is 3.71. The standard InChI is InChI=1S/C21H24O4S/c1-3-7-17-14-25-21(22)20(19(17)16-12-10-15(2)11-13-16)26(23,24)18-8-5-4-6-9-18/h4-6,8-13,17,19-20H,3,7,14H2,1-2H3/t17-,19+,20-/m0/s1. The second kappa shape index (κ2) is 7.62. The Bertz CT molecular complexity index is 857. The summed E-state index contributed by atoms with van der Waals surface area (Å²) in [6.07, 6.45) is 1.72. The summed E-state index contributed by atoms with van der Waals surface area (Å²) in [6, 6.07) is 16.0. The summed E-state index contributed by atoms with van der Waals surface area (Å²) < 4.78 is 31.9. The summed E-state index contributed by atoms with van der Waals surface area (Å²) in [5.74, 6) is -1.06. The maximum Gasteiger partial charge on any atom is 0.325 e. The third-order valence-corrected chi connectivity index (χ3v) is 7.12. The van der Waals surface area contributed by atoms with Crippen molar-refractivity contribution in [3.63, 3.8) is 0 Å². The highest BCUT2D eigenvalue weighted by atomic mass is 32.2. The molecule has 0 saturated carbocycles. The minimum atomic E-state index is -3.84. The molecule has 0 aromatic heterocycles. The smallest absolute Gasteiger partial charge is 0.325 e. The van der Waals surface area contributed by atoms with Crippen molar-refractivity contribution in [2.45, 2.75) is 42.8 Å². The van der Waals surface area contributed by atoms with Crippen LogP contribution in [0.15, 0.2) is 59.5 Å². The Labute approximate surface area is 155 Å². The maximum atomic E-state index is 13.3. The van der Waals surface area contributed by atoms with Gasteiger partial charge in [-0.2, -0.15) is 0 Å². The Morgan fingerprint density at radius 3 is 2.31 bits per heavy atom. The maximum absolute atomic E-state index is 13.3. The molecule has 0 unspecified atom stereocenters. The molecule has 26 heavy (non-hydrogen) atoms. The van der Waals surface area contributed by atoms with Crippen LogP contribution in [0, 0.1) is 12.8 Å². The summed E-state index contributed by atoms with van der Waals surface area (Å²) in [5.41, 5.74) is 1.98. The lowest BCUT2D eigenvalue weighted by molar-refractivity contribution is -0.150. The molecule has 138 valence electrons. The molecular weight excluding hydrogens is 348 g/mol. The van der Waals surface area contributed by atoms with Gasteiger partial charge >= 0.3 is 5.97 Å². The van der Waals surface area contributed by atoms with E-state index in [1.54, 1.807) is 18.2 Å². The highest BCUT2D eigenvalue weighted by molar-refractivity contribution is 7.92. The zero-order chi connectivity index (χ0) is 18.7. The van der Waals surface area contributed by atoms with Crippen LogP contribution in [0.2, 0.25) is 0 Å². The van der Waals surface area contributed by atoms with Crippen molar-refractivity contribution in [3.8, 4) is 0 Å². The monoisotopic (exact) mass is 372 g/mol. The molecule has 0 aliphatic carbocycles. The fraction of sp³-hybridized carbons (Fsp3) is 0.381. The second-order valence-corrected chi connectivity index (χ2v) is 8.96. The van der Waals surface area contributed by atoms with Crippen LogP contribution in [0.25, 0.3) is 0 Å². The van der Waals surface area contributed by atoms with Gasteiger partial charge < -0.3 is 4.74 Å². The van der Waals surface area contributed by atoms with E-state index in [2.05, 4.69) is 6.92 Å². The number of esters is 1. The van der Waals surface area contributed by atoms with E-state index in [4.69, 9.17) is 4.74 Å². The molecule has 1 saturated heterocycles. The minimum absolute atomic E-state index is 0.0103. The summed E-state index contributed by atoms with van der Waals surface area (Å²) in [5, 5.41) is -1.21. The van der Waals surface area contributed by atoms with Crippen molar-refractivity contribution < 1.29 is 17.9 Å². The van der Waals surface area contributed by atoms with Crippen molar-refractivity contribution in [1.29, 1.82) is 0 Å². The highest BCUT2D eigenvalue weighted by Crippen LogP contribution is 2.40. The number of carbonyl (C=O) groups is 1. The van der Waals surface area contributed by atoms with Crippen LogP contribution in [0.1, 0.15) is 36.8 Å². The van der Waals surface area contributed by atoms with Gasteiger partial charge in [0.2, 0.25) is 0 Å². The average molecular weight is 372 g/mol. The first-order valence-electron chi connectivity index (χ1n) is 8.97. The third kappa shape index (κ3) is 3.54. The number of hydrogen-bond acceptors (Lipinski definition) is 4. The number of hydrogen-bond donors (Lipinski definition) is 0. The number of ether oxygens (including phenoxy) is 1. The molecular formula is C21H24O4S. The highest BCUT2D eigenvalue weighted by Gasteiger charge is 2.48. The van der Waals surface area contributed by atoms with Gasteiger partial charge in [0, 0.05) is 11.8 Å². The van der Waals surface area contributed by atoms with Crippen molar-refractivity contribution in [1.82, 2.24) is 0 Å². The van der Waals surface area contributed by atoms with Gasteiger partial charge in [0.1, 0.15) is 0 Å². The molecule has 2 aromatic carbocycles. The number of carbonyl (C=O) groups excluding carboxylic acids is 1. The molecule has 4 nitrogen and oxygen atoms in total. The van der Waals surface area contributed by atoms with Gasteiger partial charge in [-0.25, -0.2) is 8.42 Å². The normalized spacial score (nSPS) is 23.5. The van der Waals surface area contributed by atoms with Gasteiger partial charge in [0.25, 0.3) is 0 Å². The Kier molecular flexibility index (Phi) is 5.47. The molecule has 1 aliphatic rings. The number of benzene rings is 2. The minimum Gasteiger partial charge on any atom is -0.464 e. The summed E-state index contributed by atoms with van der Waals surface area (Å²) in [4.78, 5) is 12.8. The van der Waals surface area contributed by atoms with Crippen LogP contribution in [-0.2, 0) is 19.4 Å². The fourth-order valence-corrected chi connectivity index (χ4v) is 5.63. The molecule has 0 N–H and O–H groups in total. The van der Waals surface area contributed by atoms with E-state index in [0.29, 0.717) is 0 Å². The Hall–Kier alpha value is -2.14. The third-order valence-electron chi connectivity index (χ3n) is 5.03. The van der Waals surface area contributed by atoms with E-state index >= 15 is 0 Å². The van der Waals surface area contributed by atoms with Crippen molar-refractivity contribution >= 4 is 15.8 Å². The Morgan fingerprint density at radius 1 is 1.04 bits per heavy atom. The van der Waals surface area contributed by atoms with Gasteiger partial charge in [0.05, 0.1) is 11.5 Å². The van der Waals surface area contributed by atoms with E-state index < -0.39 is 27.0 Å². The summed E-state index contributed by atoms with van der Waals surface area (Å²) in [7, 11) is -3.84. The van der Waals surface area contributed by atoms with Crippen LogP contribution in [0.4, 0.5) is 0 Å². The second-order valence-electron chi connectivity index (χ2n) is 6.89. The summed E-state index contributed by atoms with van der Waals surface area (Å²) >= 11 is 0. The van der Waals surface area contributed by atoms with E-state index in [1.807, 2.05) is 31.2 Å². The molecule has 1 aliphatic heterocycles. The molecule has 5 heteroatoms. The lowest BCUT2D eigenvalue weighted by Crippen LogP contribution is -2.46. The van der Waals surface area contributed by atoms with Gasteiger partial charge in [-0.1, -0.05) is 61.4 Å². The van der Waals surface area contributed by atoms with Crippen molar-refractivity contribution in [3.05, 3.63) is 65.7 Å². The molecule has 3 atom stereocenters. The molecule has 3 rings (SSSR count). The average Bonchev–Trinajstić information content (AvgIpc) is 2.64. The van der Waals surface area contributed by atoms with E-state index in [0.717, 1.165) is 24.0 Å². The predicted molar refractivity (Wildman–Crippen MR) is 101 cm³/mol. The molecule has 0 bridgehead atoms. The lowest BCUT2D eigenvalue weighted by Gasteiger charge is -2.37. The zero-order valence-corrected chi connectivity index (χ0v) is 15.9. The topological polar surface area (TPSA) is 60.4 Å². The van der Waals surface area contributed by atoms with E-state index in [1.165, 1.54) is 12.1 Å². The van der Waals surface area contributed by atoms with Crippen molar-refractivity contribution in [2.24, 2.45) is 5.92 Å². The summed E-state index contributed by atoms with van der Waals surface area (Å²) in [6.45, 7) is 4.32. The number of sulfone groups is 1. The zero-order valence-electron chi connectivity index (χ0n) is 15.1. The predicted octanol–water partition coefficient (Wildman–Crippen LogP) is 3.89. The van der Waals surface area contributed by atoms with Crippen LogP contribution in [-0.4, -0.2) is 26.2 Å². The number of aryl methyl sites for hydroxylation is 1. The van der Waals surface area contributed by atoms with E-state index in [9.17, 15) is 13.2 Å². The van der Waals surface area contributed by atoms with Gasteiger partial charge in [-0.15, -0.1) is 0 Å². The Morgan fingerprint density at radius 2 is 1.69 bits per heavy atom. The molecule has 1 fully saturated rings. The van der Waals surface area contributed by atoms with Crippen LogP contribution < -0.4 is 0 Å². The van der Waals surface area contributed by atoms with Crippen LogP contribution >= 0.6 is 0 Å².